The van der Waals surface area contributed by atoms with Crippen LogP contribution in [0.3, 0.4) is 0 Å². The highest BCUT2D eigenvalue weighted by Gasteiger charge is 2.20. The number of halogens is 2. The second-order valence-corrected chi connectivity index (χ2v) is 11.5. The van der Waals surface area contributed by atoms with Crippen LogP contribution in [0.15, 0.2) is 70.7 Å². The van der Waals surface area contributed by atoms with E-state index in [0.717, 1.165) is 5.56 Å². The topological polar surface area (TPSA) is 121 Å². The molecule has 0 fully saturated rings. The van der Waals surface area contributed by atoms with Crippen LogP contribution < -0.4 is 9.44 Å². The Morgan fingerprint density at radius 3 is 2.24 bits per heavy atom. The van der Waals surface area contributed by atoms with Crippen LogP contribution in [0.25, 0.3) is 10.9 Å². The monoisotopic (exact) mass is 524 g/mol. The second kappa shape index (κ2) is 8.96. The molecule has 2 aromatic heterocycles. The van der Waals surface area contributed by atoms with Crippen molar-refractivity contribution < 1.29 is 16.8 Å². The smallest absolute Gasteiger partial charge is 0.261 e. The number of aromatic nitrogens is 2. The molecule has 0 aliphatic rings. The largest absolute Gasteiger partial charge is 0.358 e. The van der Waals surface area contributed by atoms with Crippen molar-refractivity contribution in [2.75, 3.05) is 4.72 Å². The van der Waals surface area contributed by atoms with Gasteiger partial charge in [0.2, 0.25) is 10.0 Å². The van der Waals surface area contributed by atoms with Gasteiger partial charge in [-0.1, -0.05) is 23.2 Å². The van der Waals surface area contributed by atoms with Gasteiger partial charge in [0.1, 0.15) is 0 Å². The predicted octanol–water partition coefficient (Wildman–Crippen LogP) is 4.46. The molecule has 0 bridgehead atoms. The Morgan fingerprint density at radius 2 is 1.58 bits per heavy atom. The zero-order valence-electron chi connectivity index (χ0n) is 17.1. The lowest BCUT2D eigenvalue weighted by Gasteiger charge is -2.11. The minimum Gasteiger partial charge on any atom is -0.358 e. The van der Waals surface area contributed by atoms with Crippen molar-refractivity contribution in [1.29, 1.82) is 0 Å². The number of fused-ring (bicyclic) bond motifs is 1. The van der Waals surface area contributed by atoms with E-state index < -0.39 is 20.0 Å². The van der Waals surface area contributed by atoms with Gasteiger partial charge in [-0.3, -0.25) is 9.71 Å². The molecule has 4 rings (SSSR count). The van der Waals surface area contributed by atoms with Gasteiger partial charge in [-0.2, -0.15) is 0 Å². The number of pyridine rings is 1. The lowest BCUT2D eigenvalue weighted by molar-refractivity contribution is 0.579. The first kappa shape index (κ1) is 23.5. The normalized spacial score (nSPS) is 12.2. The third kappa shape index (κ3) is 4.99. The van der Waals surface area contributed by atoms with E-state index in [2.05, 4.69) is 19.4 Å². The summed E-state index contributed by atoms with van der Waals surface area (Å²) < 4.78 is 55.9. The number of sulfonamides is 2. The molecule has 0 aliphatic carbocycles. The van der Waals surface area contributed by atoms with E-state index in [0.29, 0.717) is 26.6 Å². The van der Waals surface area contributed by atoms with E-state index in [1.807, 2.05) is 13.0 Å². The molecular weight excluding hydrogens is 507 g/mol. The highest BCUT2D eigenvalue weighted by Crippen LogP contribution is 2.35. The fourth-order valence-electron chi connectivity index (χ4n) is 3.20. The van der Waals surface area contributed by atoms with Crippen LogP contribution >= 0.6 is 23.2 Å². The number of nitrogens with one attached hydrogen (secondary N) is 3. The third-order valence-electron chi connectivity index (χ3n) is 4.84. The summed E-state index contributed by atoms with van der Waals surface area (Å²) in [6.07, 6.45) is 3.11. The molecule has 0 aliphatic heterocycles. The van der Waals surface area contributed by atoms with Crippen molar-refractivity contribution in [2.45, 2.75) is 23.3 Å². The van der Waals surface area contributed by atoms with E-state index in [9.17, 15) is 16.8 Å². The Bertz CT molecular complexity index is 1550. The van der Waals surface area contributed by atoms with E-state index in [1.54, 1.807) is 12.3 Å². The molecule has 0 unspecified atom stereocenters. The number of benzene rings is 2. The van der Waals surface area contributed by atoms with Crippen LogP contribution in [0.1, 0.15) is 11.3 Å². The molecule has 3 N–H and O–H groups in total. The molecule has 172 valence electrons. The number of hydrogen-bond acceptors (Lipinski definition) is 5. The summed E-state index contributed by atoms with van der Waals surface area (Å²) >= 11 is 12.3. The molecule has 0 atom stereocenters. The summed E-state index contributed by atoms with van der Waals surface area (Å²) in [6.45, 7) is 1.89. The van der Waals surface area contributed by atoms with Crippen molar-refractivity contribution >= 4 is 59.8 Å². The first-order valence-corrected chi connectivity index (χ1v) is 13.3. The van der Waals surface area contributed by atoms with Crippen molar-refractivity contribution in [1.82, 2.24) is 14.7 Å². The van der Waals surface area contributed by atoms with E-state index in [-0.39, 0.29) is 22.0 Å². The Labute approximate surface area is 201 Å². The highest BCUT2D eigenvalue weighted by atomic mass is 35.5. The standard InChI is InChI=1S/C21H18Cl2N4O4S2/c1-13-8-9-24-14(10-13)11-26-32(28,29)15-2-4-16(5-3-15)33(30,31)27-19-7-6-17(22)20-18(23)12-25-21(19)20/h2-10,12,25-27H,11H2,1H3. The third-order valence-corrected chi connectivity index (χ3v) is 8.25. The maximum Gasteiger partial charge on any atom is 0.261 e. The molecule has 0 amide bonds. The number of hydrogen-bond donors (Lipinski definition) is 3. The van der Waals surface area contributed by atoms with Gasteiger partial charge in [-0.05, 0) is 61.0 Å². The Hall–Kier alpha value is -2.63. The minimum atomic E-state index is -4.01. The molecule has 4 aromatic rings. The molecule has 0 saturated heterocycles. The number of rotatable bonds is 7. The maximum atomic E-state index is 12.9. The lowest BCUT2D eigenvalue weighted by Crippen LogP contribution is -2.24. The number of anilines is 1. The van der Waals surface area contributed by atoms with Gasteiger partial charge in [0.15, 0.2) is 0 Å². The molecule has 12 heteroatoms. The van der Waals surface area contributed by atoms with Crippen molar-refractivity contribution in [3.05, 3.63) is 82.2 Å². The summed E-state index contributed by atoms with van der Waals surface area (Å²) in [5.41, 5.74) is 2.22. The molecule has 33 heavy (non-hydrogen) atoms. The molecular formula is C21H18Cl2N4O4S2. The van der Waals surface area contributed by atoms with Gasteiger partial charge >= 0.3 is 0 Å². The van der Waals surface area contributed by atoms with E-state index in [4.69, 9.17) is 23.2 Å². The lowest BCUT2D eigenvalue weighted by atomic mass is 10.2. The number of aromatic amines is 1. The molecule has 0 spiro atoms. The van der Waals surface area contributed by atoms with Crippen LogP contribution in [0.4, 0.5) is 5.69 Å². The van der Waals surface area contributed by atoms with Gasteiger partial charge in [-0.15, -0.1) is 0 Å². The van der Waals surface area contributed by atoms with E-state index >= 15 is 0 Å². The van der Waals surface area contributed by atoms with Crippen LogP contribution in [0.5, 0.6) is 0 Å². The Morgan fingerprint density at radius 1 is 0.909 bits per heavy atom. The first-order valence-electron chi connectivity index (χ1n) is 9.56. The summed E-state index contributed by atoms with van der Waals surface area (Å²) in [5, 5.41) is 1.23. The molecule has 0 radical (unpaired) electrons. The van der Waals surface area contributed by atoms with Crippen LogP contribution in [0.2, 0.25) is 10.0 Å². The first-order chi connectivity index (χ1) is 15.6. The van der Waals surface area contributed by atoms with Crippen molar-refractivity contribution in [3.63, 3.8) is 0 Å². The molecule has 8 nitrogen and oxygen atoms in total. The van der Waals surface area contributed by atoms with Crippen LogP contribution in [-0.2, 0) is 26.6 Å². The Kier molecular flexibility index (Phi) is 6.39. The molecule has 2 heterocycles. The zero-order valence-corrected chi connectivity index (χ0v) is 20.3. The average Bonchev–Trinajstić information content (AvgIpc) is 3.17. The van der Waals surface area contributed by atoms with Crippen LogP contribution in [-0.4, -0.2) is 26.8 Å². The quantitative estimate of drug-likeness (QED) is 0.329. The van der Waals surface area contributed by atoms with Crippen LogP contribution in [0, 0.1) is 6.92 Å². The number of nitrogens with zero attached hydrogens (tertiary/aromatic N) is 1. The predicted molar refractivity (Wildman–Crippen MR) is 129 cm³/mol. The van der Waals surface area contributed by atoms with Gasteiger partial charge in [0, 0.05) is 17.8 Å². The fourth-order valence-corrected chi connectivity index (χ4v) is 5.83. The summed E-state index contributed by atoms with van der Waals surface area (Å²) in [4.78, 5) is 6.83. The number of H-pyrrole nitrogens is 1. The maximum absolute atomic E-state index is 12.9. The molecule has 2 aromatic carbocycles. The fraction of sp³-hybridized carbons (Fsp3) is 0.0952. The summed E-state index contributed by atoms with van der Waals surface area (Å²) in [6, 6.07) is 11.5. The SMILES string of the molecule is Cc1ccnc(CNS(=O)(=O)c2ccc(S(=O)(=O)Nc3ccc(Cl)c4c(Cl)c[nH]c34)cc2)c1. The average molecular weight is 525 g/mol. The van der Waals surface area contributed by atoms with Gasteiger partial charge in [-0.25, -0.2) is 21.6 Å². The second-order valence-electron chi connectivity index (χ2n) is 7.21. The minimum absolute atomic E-state index is 0.0108. The molecule has 0 saturated carbocycles. The summed E-state index contributed by atoms with van der Waals surface area (Å²) in [7, 11) is -7.87. The highest BCUT2D eigenvalue weighted by molar-refractivity contribution is 7.92. The summed E-state index contributed by atoms with van der Waals surface area (Å²) in [5.74, 6) is 0. The van der Waals surface area contributed by atoms with Crippen molar-refractivity contribution in [2.24, 2.45) is 0 Å². The zero-order chi connectivity index (χ0) is 23.8. The van der Waals surface area contributed by atoms with Gasteiger partial charge in [0.25, 0.3) is 10.0 Å². The number of aryl methyl sites for hydroxylation is 1. The van der Waals surface area contributed by atoms with Crippen molar-refractivity contribution in [3.8, 4) is 0 Å². The van der Waals surface area contributed by atoms with E-state index in [1.165, 1.54) is 42.6 Å². The Balaban J connectivity index is 1.54. The van der Waals surface area contributed by atoms with Gasteiger partial charge < -0.3 is 4.98 Å². The van der Waals surface area contributed by atoms with Gasteiger partial charge in [0.05, 0.1) is 43.3 Å².